The molecule has 1 N–H and O–H groups in total. The van der Waals surface area contributed by atoms with Gasteiger partial charge in [-0.2, -0.15) is 0 Å². The average Bonchev–Trinajstić information content (AvgIpc) is 2.91. The zero-order valence-electron chi connectivity index (χ0n) is 11.4. The molecular formula is C16H15ClN2O2. The van der Waals surface area contributed by atoms with E-state index in [-0.39, 0.29) is 6.04 Å². The summed E-state index contributed by atoms with van der Waals surface area (Å²) < 4.78 is 11.1. The highest BCUT2D eigenvalue weighted by molar-refractivity contribution is 6.33. The number of rotatable bonds is 2. The molecule has 1 atom stereocenters. The number of nitrogens with one attached hydrogen (secondary N) is 1. The van der Waals surface area contributed by atoms with Crippen LogP contribution >= 0.6 is 11.6 Å². The Hall–Kier alpha value is -1.94. The van der Waals surface area contributed by atoms with Crippen LogP contribution in [0.3, 0.4) is 0 Å². The number of ether oxygens (including phenoxy) is 2. The van der Waals surface area contributed by atoms with Gasteiger partial charge >= 0.3 is 0 Å². The molecule has 21 heavy (non-hydrogen) atoms. The lowest BCUT2D eigenvalue weighted by Crippen LogP contribution is -2.16. The third-order valence-electron chi connectivity index (χ3n) is 3.92. The molecule has 0 fully saturated rings. The van der Waals surface area contributed by atoms with Gasteiger partial charge in [-0.3, -0.25) is 4.98 Å². The van der Waals surface area contributed by atoms with Gasteiger partial charge < -0.3 is 14.8 Å². The van der Waals surface area contributed by atoms with E-state index in [2.05, 4.69) is 16.4 Å². The molecule has 1 unspecified atom stereocenters. The molecule has 0 bridgehead atoms. The second-order valence-electron chi connectivity index (χ2n) is 5.26. The summed E-state index contributed by atoms with van der Waals surface area (Å²) in [5.74, 6) is 1.45. The molecule has 0 amide bonds. The van der Waals surface area contributed by atoms with Gasteiger partial charge in [0.15, 0.2) is 11.5 Å². The molecule has 5 heteroatoms. The highest BCUT2D eigenvalue weighted by Gasteiger charge is 2.25. The number of pyridine rings is 1. The molecule has 1 aromatic heterocycles. The SMILES string of the molecule is Clc1cc2c(cc1NC1CCc3cccnc31)OCCO2. The van der Waals surface area contributed by atoms with Gasteiger partial charge in [0.1, 0.15) is 13.2 Å². The van der Waals surface area contributed by atoms with Crippen LogP contribution < -0.4 is 14.8 Å². The van der Waals surface area contributed by atoms with Gasteiger partial charge in [0.05, 0.1) is 22.4 Å². The first-order valence-electron chi connectivity index (χ1n) is 7.11. The molecule has 4 rings (SSSR count). The lowest BCUT2D eigenvalue weighted by atomic mass is 10.2. The fraction of sp³-hybridized carbons (Fsp3) is 0.312. The van der Waals surface area contributed by atoms with Crippen molar-refractivity contribution in [1.82, 2.24) is 4.98 Å². The third-order valence-corrected chi connectivity index (χ3v) is 4.23. The third kappa shape index (κ3) is 2.29. The number of anilines is 1. The minimum Gasteiger partial charge on any atom is -0.486 e. The molecule has 2 heterocycles. The predicted molar refractivity (Wildman–Crippen MR) is 81.4 cm³/mol. The summed E-state index contributed by atoms with van der Waals surface area (Å²) in [4.78, 5) is 4.49. The van der Waals surface area contributed by atoms with Crippen molar-refractivity contribution in [3.63, 3.8) is 0 Å². The molecule has 4 nitrogen and oxygen atoms in total. The molecule has 108 valence electrons. The Kier molecular flexibility index (Phi) is 3.11. The first-order chi connectivity index (χ1) is 10.3. The maximum Gasteiger partial charge on any atom is 0.163 e. The Morgan fingerprint density at radius 2 is 2.00 bits per heavy atom. The number of nitrogens with zero attached hydrogens (tertiary/aromatic N) is 1. The fourth-order valence-electron chi connectivity index (χ4n) is 2.92. The van der Waals surface area contributed by atoms with E-state index in [1.807, 2.05) is 24.4 Å². The van der Waals surface area contributed by atoms with Crippen molar-refractivity contribution in [3.8, 4) is 11.5 Å². The lowest BCUT2D eigenvalue weighted by molar-refractivity contribution is 0.171. The van der Waals surface area contributed by atoms with Crippen LogP contribution in [0.15, 0.2) is 30.5 Å². The van der Waals surface area contributed by atoms with Crippen molar-refractivity contribution < 1.29 is 9.47 Å². The molecule has 2 aliphatic rings. The summed E-state index contributed by atoms with van der Waals surface area (Å²) in [7, 11) is 0. The van der Waals surface area contributed by atoms with E-state index in [1.165, 1.54) is 5.56 Å². The molecular weight excluding hydrogens is 288 g/mol. The van der Waals surface area contributed by atoms with Crippen LogP contribution in [-0.2, 0) is 6.42 Å². The fourth-order valence-corrected chi connectivity index (χ4v) is 3.12. The molecule has 0 spiro atoms. The monoisotopic (exact) mass is 302 g/mol. The Balaban J connectivity index is 1.63. The first-order valence-corrected chi connectivity index (χ1v) is 7.48. The second-order valence-corrected chi connectivity index (χ2v) is 5.67. The molecule has 0 radical (unpaired) electrons. The zero-order chi connectivity index (χ0) is 14.2. The molecule has 1 aliphatic heterocycles. The van der Waals surface area contributed by atoms with Crippen molar-refractivity contribution in [1.29, 1.82) is 0 Å². The van der Waals surface area contributed by atoms with Crippen LogP contribution in [0.1, 0.15) is 23.7 Å². The smallest absolute Gasteiger partial charge is 0.163 e. The van der Waals surface area contributed by atoms with Crippen LogP contribution in [0.25, 0.3) is 0 Å². The summed E-state index contributed by atoms with van der Waals surface area (Å²) >= 11 is 6.35. The Morgan fingerprint density at radius 1 is 1.19 bits per heavy atom. The number of hydrogen-bond acceptors (Lipinski definition) is 4. The standard InChI is InChI=1S/C16H15ClN2O2/c17-11-8-14-15(21-7-6-20-14)9-13(11)19-12-4-3-10-2-1-5-18-16(10)12/h1-2,5,8-9,12,19H,3-4,6-7H2. The first kappa shape index (κ1) is 12.8. The number of aryl methyl sites for hydroxylation is 1. The molecule has 1 aromatic carbocycles. The molecule has 0 saturated carbocycles. The van der Waals surface area contributed by atoms with Gasteiger partial charge in [-0.15, -0.1) is 0 Å². The maximum atomic E-state index is 6.35. The van der Waals surface area contributed by atoms with Crippen molar-refractivity contribution >= 4 is 17.3 Å². The van der Waals surface area contributed by atoms with E-state index in [0.717, 1.165) is 30.0 Å². The van der Waals surface area contributed by atoms with Crippen molar-refractivity contribution in [2.45, 2.75) is 18.9 Å². The summed E-state index contributed by atoms with van der Waals surface area (Å²) in [5.41, 5.74) is 3.29. The van der Waals surface area contributed by atoms with Crippen LogP contribution in [0.4, 0.5) is 5.69 Å². The minimum absolute atomic E-state index is 0.196. The summed E-state index contributed by atoms with van der Waals surface area (Å²) in [5, 5.41) is 4.13. The van der Waals surface area contributed by atoms with E-state index < -0.39 is 0 Å². The van der Waals surface area contributed by atoms with E-state index in [9.17, 15) is 0 Å². The van der Waals surface area contributed by atoms with E-state index in [4.69, 9.17) is 21.1 Å². The van der Waals surface area contributed by atoms with Gasteiger partial charge in [-0.25, -0.2) is 0 Å². The minimum atomic E-state index is 0.196. The second kappa shape index (κ2) is 5.11. The van der Waals surface area contributed by atoms with Crippen molar-refractivity contribution in [2.24, 2.45) is 0 Å². The van der Waals surface area contributed by atoms with Crippen LogP contribution in [0.2, 0.25) is 5.02 Å². The highest BCUT2D eigenvalue weighted by atomic mass is 35.5. The normalized spacial score (nSPS) is 19.2. The number of halogens is 1. The lowest BCUT2D eigenvalue weighted by Gasteiger charge is -2.22. The zero-order valence-corrected chi connectivity index (χ0v) is 12.2. The summed E-state index contributed by atoms with van der Waals surface area (Å²) in [6, 6.07) is 8.04. The molecule has 1 aliphatic carbocycles. The van der Waals surface area contributed by atoms with Gasteiger partial charge in [-0.05, 0) is 24.5 Å². The molecule has 2 aromatic rings. The van der Waals surface area contributed by atoms with Crippen molar-refractivity contribution in [3.05, 3.63) is 46.7 Å². The van der Waals surface area contributed by atoms with E-state index in [1.54, 1.807) is 0 Å². The number of fused-ring (bicyclic) bond motifs is 2. The Bertz CT molecular complexity index is 690. The topological polar surface area (TPSA) is 43.4 Å². The van der Waals surface area contributed by atoms with Gasteiger partial charge in [0.2, 0.25) is 0 Å². The highest BCUT2D eigenvalue weighted by Crippen LogP contribution is 2.40. The van der Waals surface area contributed by atoms with Crippen molar-refractivity contribution in [2.75, 3.05) is 18.5 Å². The van der Waals surface area contributed by atoms with Crippen LogP contribution in [0, 0.1) is 0 Å². The largest absolute Gasteiger partial charge is 0.486 e. The van der Waals surface area contributed by atoms with Gasteiger partial charge in [0.25, 0.3) is 0 Å². The Labute approximate surface area is 128 Å². The quantitative estimate of drug-likeness (QED) is 0.920. The number of aromatic nitrogens is 1. The summed E-state index contributed by atoms with van der Waals surface area (Å²) in [6.45, 7) is 1.14. The maximum absolute atomic E-state index is 6.35. The van der Waals surface area contributed by atoms with Crippen LogP contribution in [0.5, 0.6) is 11.5 Å². The van der Waals surface area contributed by atoms with E-state index >= 15 is 0 Å². The van der Waals surface area contributed by atoms with E-state index in [0.29, 0.717) is 24.0 Å². The molecule has 0 saturated heterocycles. The average molecular weight is 303 g/mol. The van der Waals surface area contributed by atoms with Gasteiger partial charge in [0, 0.05) is 18.3 Å². The predicted octanol–water partition coefficient (Wildman–Crippen LogP) is 3.61. The summed E-state index contributed by atoms with van der Waals surface area (Å²) in [6.07, 6.45) is 3.91. The van der Waals surface area contributed by atoms with Crippen LogP contribution in [-0.4, -0.2) is 18.2 Å². The Morgan fingerprint density at radius 3 is 2.86 bits per heavy atom. The number of hydrogen-bond donors (Lipinski definition) is 1. The van der Waals surface area contributed by atoms with Gasteiger partial charge in [-0.1, -0.05) is 17.7 Å². The number of benzene rings is 1.